The van der Waals surface area contributed by atoms with Gasteiger partial charge in [0.25, 0.3) is 5.89 Å². The minimum Gasteiger partial charge on any atom is -0.496 e. The maximum absolute atomic E-state index is 11.8. The van der Waals surface area contributed by atoms with Crippen LogP contribution in [0, 0.1) is 0 Å². The Kier molecular flexibility index (Phi) is 5.85. The van der Waals surface area contributed by atoms with Crippen molar-refractivity contribution in [3.63, 3.8) is 0 Å². The highest BCUT2D eigenvalue weighted by molar-refractivity contribution is 9.10. The molecule has 3 aromatic rings. The number of nitrogens with zero attached hydrogens (tertiary/aromatic N) is 2. The van der Waals surface area contributed by atoms with Gasteiger partial charge in [0.2, 0.25) is 5.82 Å². The van der Waals surface area contributed by atoms with Gasteiger partial charge in [-0.05, 0) is 36.4 Å². The van der Waals surface area contributed by atoms with E-state index < -0.39 is 5.97 Å². The maximum atomic E-state index is 11.8. The molecule has 3 rings (SSSR count). The second-order valence-corrected chi connectivity index (χ2v) is 6.03. The molecule has 0 bridgehead atoms. The predicted octanol–water partition coefficient (Wildman–Crippen LogP) is 3.63. The van der Waals surface area contributed by atoms with E-state index in [1.54, 1.807) is 25.3 Å². The minimum atomic E-state index is -0.537. The monoisotopic (exact) mass is 418 g/mol. The number of hydrogen-bond acceptors (Lipinski definition) is 7. The fourth-order valence-corrected chi connectivity index (χ4v) is 2.37. The number of ether oxygens (including phenoxy) is 3. The Morgan fingerprint density at radius 2 is 1.92 bits per heavy atom. The SMILES string of the molecule is COc1ccccc1-c1noc(COC(=O)COc2ccc(Br)cc2)n1. The van der Waals surface area contributed by atoms with E-state index >= 15 is 0 Å². The molecule has 0 amide bonds. The lowest BCUT2D eigenvalue weighted by Crippen LogP contribution is -2.14. The second kappa shape index (κ2) is 8.48. The minimum absolute atomic E-state index is 0.134. The van der Waals surface area contributed by atoms with Crippen molar-refractivity contribution >= 4 is 21.9 Å². The van der Waals surface area contributed by atoms with Gasteiger partial charge in [-0.3, -0.25) is 0 Å². The molecule has 8 heteroatoms. The molecule has 1 aromatic heterocycles. The molecule has 0 N–H and O–H groups in total. The Morgan fingerprint density at radius 3 is 2.69 bits per heavy atom. The third-order valence-electron chi connectivity index (χ3n) is 3.34. The van der Waals surface area contributed by atoms with Crippen LogP contribution in [0.1, 0.15) is 5.89 Å². The van der Waals surface area contributed by atoms with Gasteiger partial charge in [0, 0.05) is 4.47 Å². The first kappa shape index (κ1) is 17.9. The predicted molar refractivity (Wildman–Crippen MR) is 95.7 cm³/mol. The number of rotatable bonds is 7. The Balaban J connectivity index is 1.53. The quantitative estimate of drug-likeness (QED) is 0.541. The van der Waals surface area contributed by atoms with E-state index in [0.29, 0.717) is 22.9 Å². The second-order valence-electron chi connectivity index (χ2n) is 5.12. The van der Waals surface area contributed by atoms with E-state index in [-0.39, 0.29) is 19.1 Å². The van der Waals surface area contributed by atoms with Gasteiger partial charge in [-0.1, -0.05) is 33.2 Å². The van der Waals surface area contributed by atoms with Crippen LogP contribution in [0.15, 0.2) is 57.5 Å². The Morgan fingerprint density at radius 1 is 1.15 bits per heavy atom. The van der Waals surface area contributed by atoms with Crippen molar-refractivity contribution in [2.45, 2.75) is 6.61 Å². The lowest BCUT2D eigenvalue weighted by molar-refractivity contribution is -0.148. The van der Waals surface area contributed by atoms with Crippen molar-refractivity contribution < 1.29 is 23.5 Å². The number of carbonyl (C=O) groups excluding carboxylic acids is 1. The Hall–Kier alpha value is -2.87. The van der Waals surface area contributed by atoms with Crippen LogP contribution in [-0.2, 0) is 16.1 Å². The summed E-state index contributed by atoms with van der Waals surface area (Å²) in [6.45, 7) is -0.347. The molecule has 1 heterocycles. The van der Waals surface area contributed by atoms with Crippen LogP contribution in [0.4, 0.5) is 0 Å². The average molecular weight is 419 g/mol. The molecule has 0 radical (unpaired) electrons. The van der Waals surface area contributed by atoms with Crippen molar-refractivity contribution in [2.75, 3.05) is 13.7 Å². The van der Waals surface area contributed by atoms with Crippen LogP contribution in [0.3, 0.4) is 0 Å². The average Bonchev–Trinajstić information content (AvgIpc) is 3.14. The van der Waals surface area contributed by atoms with Crippen LogP contribution in [0.5, 0.6) is 11.5 Å². The standard InChI is InChI=1S/C18H15BrN2O5/c1-23-15-5-3-2-4-14(15)18-20-16(26-21-18)10-25-17(22)11-24-13-8-6-12(19)7-9-13/h2-9H,10-11H2,1H3. The van der Waals surface area contributed by atoms with E-state index in [2.05, 4.69) is 26.1 Å². The third-order valence-corrected chi connectivity index (χ3v) is 3.87. The van der Waals surface area contributed by atoms with Gasteiger partial charge in [-0.2, -0.15) is 4.98 Å². The summed E-state index contributed by atoms with van der Waals surface area (Å²) in [7, 11) is 1.56. The van der Waals surface area contributed by atoms with Gasteiger partial charge in [0.15, 0.2) is 13.2 Å². The summed E-state index contributed by atoms with van der Waals surface area (Å²) in [5, 5.41) is 3.88. The summed E-state index contributed by atoms with van der Waals surface area (Å²) in [4.78, 5) is 16.0. The summed E-state index contributed by atoms with van der Waals surface area (Å²) < 4.78 is 21.7. The molecule has 0 aliphatic carbocycles. The number of para-hydroxylation sites is 1. The smallest absolute Gasteiger partial charge is 0.344 e. The van der Waals surface area contributed by atoms with E-state index in [1.165, 1.54) is 0 Å². The first-order chi connectivity index (χ1) is 12.7. The van der Waals surface area contributed by atoms with Gasteiger partial charge in [0.05, 0.1) is 12.7 Å². The van der Waals surface area contributed by atoms with Crippen LogP contribution < -0.4 is 9.47 Å². The van der Waals surface area contributed by atoms with E-state index in [0.717, 1.165) is 4.47 Å². The molecule has 0 unspecified atom stereocenters. The van der Waals surface area contributed by atoms with Crippen LogP contribution in [0.25, 0.3) is 11.4 Å². The Bertz CT molecular complexity index is 879. The Labute approximate surface area is 158 Å². The van der Waals surface area contributed by atoms with Crippen molar-refractivity contribution in [3.8, 4) is 22.9 Å². The van der Waals surface area contributed by atoms with Gasteiger partial charge in [-0.25, -0.2) is 4.79 Å². The highest BCUT2D eigenvalue weighted by Gasteiger charge is 2.14. The number of halogens is 1. The number of hydrogen-bond donors (Lipinski definition) is 0. The van der Waals surface area contributed by atoms with Gasteiger partial charge >= 0.3 is 5.97 Å². The zero-order valence-corrected chi connectivity index (χ0v) is 15.4. The summed E-state index contributed by atoms with van der Waals surface area (Å²) >= 11 is 3.33. The summed E-state index contributed by atoms with van der Waals surface area (Å²) in [5.74, 6) is 1.20. The highest BCUT2D eigenvalue weighted by atomic mass is 79.9. The normalized spacial score (nSPS) is 10.4. The van der Waals surface area contributed by atoms with Crippen LogP contribution in [-0.4, -0.2) is 29.8 Å². The molecular weight excluding hydrogens is 404 g/mol. The molecule has 26 heavy (non-hydrogen) atoms. The molecule has 0 fully saturated rings. The molecular formula is C18H15BrN2O5. The lowest BCUT2D eigenvalue weighted by atomic mass is 10.2. The molecule has 0 aliphatic rings. The van der Waals surface area contributed by atoms with Crippen molar-refractivity contribution in [1.29, 1.82) is 0 Å². The maximum Gasteiger partial charge on any atom is 0.344 e. The molecule has 7 nitrogen and oxygen atoms in total. The summed E-state index contributed by atoms with van der Waals surface area (Å²) in [6.07, 6.45) is 0. The van der Waals surface area contributed by atoms with Gasteiger partial charge < -0.3 is 18.7 Å². The zero-order chi connectivity index (χ0) is 18.4. The van der Waals surface area contributed by atoms with Crippen LogP contribution >= 0.6 is 15.9 Å². The first-order valence-electron chi connectivity index (χ1n) is 7.65. The highest BCUT2D eigenvalue weighted by Crippen LogP contribution is 2.27. The molecule has 0 aliphatic heterocycles. The molecule has 0 saturated heterocycles. The van der Waals surface area contributed by atoms with E-state index in [4.69, 9.17) is 18.7 Å². The topological polar surface area (TPSA) is 83.7 Å². The number of carbonyl (C=O) groups is 1. The number of esters is 1. The van der Waals surface area contributed by atoms with Crippen molar-refractivity contribution in [3.05, 3.63) is 58.9 Å². The molecule has 134 valence electrons. The molecule has 0 saturated carbocycles. The summed E-state index contributed by atoms with van der Waals surface area (Å²) in [5.41, 5.74) is 0.690. The van der Waals surface area contributed by atoms with E-state index in [1.807, 2.05) is 30.3 Å². The largest absolute Gasteiger partial charge is 0.496 e. The van der Waals surface area contributed by atoms with Crippen LogP contribution in [0.2, 0.25) is 0 Å². The van der Waals surface area contributed by atoms with Gasteiger partial charge in [0.1, 0.15) is 11.5 Å². The summed E-state index contributed by atoms with van der Waals surface area (Å²) in [6, 6.07) is 14.4. The third kappa shape index (κ3) is 4.60. The fourth-order valence-electron chi connectivity index (χ4n) is 2.11. The molecule has 0 atom stereocenters. The van der Waals surface area contributed by atoms with Gasteiger partial charge in [-0.15, -0.1) is 0 Å². The first-order valence-corrected chi connectivity index (χ1v) is 8.45. The zero-order valence-electron chi connectivity index (χ0n) is 13.8. The fraction of sp³-hybridized carbons (Fsp3) is 0.167. The lowest BCUT2D eigenvalue weighted by Gasteiger charge is -2.05. The molecule has 0 spiro atoms. The number of aromatic nitrogens is 2. The number of benzene rings is 2. The van der Waals surface area contributed by atoms with E-state index in [9.17, 15) is 4.79 Å². The number of methoxy groups -OCH3 is 1. The van der Waals surface area contributed by atoms with Crippen molar-refractivity contribution in [2.24, 2.45) is 0 Å². The van der Waals surface area contributed by atoms with Crippen molar-refractivity contribution in [1.82, 2.24) is 10.1 Å². The molecule has 2 aromatic carbocycles.